The molecule has 107 heavy (non-hydrogen) atoms. The van der Waals surface area contributed by atoms with Gasteiger partial charge in [-0.15, -0.1) is 56.7 Å². The van der Waals surface area contributed by atoms with Gasteiger partial charge in [0.15, 0.2) is 18.1 Å². The van der Waals surface area contributed by atoms with E-state index in [1.54, 1.807) is 57.2 Å². The van der Waals surface area contributed by atoms with E-state index >= 15 is 19.2 Å². The lowest BCUT2D eigenvalue weighted by Crippen LogP contribution is -2.62. The van der Waals surface area contributed by atoms with Gasteiger partial charge in [-0.1, -0.05) is 18.2 Å². The summed E-state index contributed by atoms with van der Waals surface area (Å²) in [6, 6.07) is 4.93. The fourth-order valence-electron chi connectivity index (χ4n) is 12.9. The number of aliphatic hydroxyl groups is 2. The van der Waals surface area contributed by atoms with Crippen LogP contribution < -0.4 is 37.6 Å². The number of carbonyl (C=O) groups excluding carboxylic acids is 8. The first kappa shape index (κ1) is 75.1. The Bertz CT molecular complexity index is 4970. The number of aliphatic hydroxyl groups excluding tert-OH is 1. The monoisotopic (exact) mass is 1560 g/mol. The van der Waals surface area contributed by atoms with E-state index in [9.17, 15) is 39.7 Å². The number of amides is 6. The third-order valence-corrected chi connectivity index (χ3v) is 22.5. The first-order valence-corrected chi connectivity index (χ1v) is 37.5. The molecule has 39 heteroatoms. The number of methoxy groups -OCH3 is 1. The standard InChI is InChI=1S/C68H70N16O18S5/c1-28(85)46-60(92)81-47(29(2)97-7)63-76-41(27-105-63)59(91)82-50-52-53(102-44-18-68(4,95)54(83(5)6)30(3)101-44)67(94)99-20-31-11-10-13-42-45(31)34(21-98-52)51(84(42)96)66(93)100-22-36(73-57(89)39-26-107-65(50)78-39)62-74-37(23-104-62)48-33(61-75-40(24-103-61)58(90)80-46)17-43(86)49(79-48)64-77-38(25-106-64)56(88)72-35(55(69)87)19-70-16-14-32-12-8-9-15-71-32/h8-13,15,17,23-28,30,35-36,44,46,50,52-54,70,85-86,95-96H,14,16,18-22H2,1-7H3,(H2,69,87)(H,72,88)(H,73,89)(H,80,90)(H,81,92)(H,82,91)/b47-29+/t28?,30-,35?,36?,44-,46?,50?,52?,53?,54+,68-/m0/s1. The number of benzene rings is 1. The highest BCUT2D eigenvalue weighted by atomic mass is 32.1. The highest BCUT2D eigenvalue weighted by molar-refractivity contribution is 7.14. The maximum absolute atomic E-state index is 15.2. The number of pyridine rings is 2. The summed E-state index contributed by atoms with van der Waals surface area (Å²) in [5, 5.41) is 71.4. The molecule has 560 valence electrons. The first-order valence-electron chi connectivity index (χ1n) is 33.1. The molecule has 12 bridgehead atoms. The molecule has 1 fully saturated rings. The summed E-state index contributed by atoms with van der Waals surface area (Å²) in [4.78, 5) is 150. The third kappa shape index (κ3) is 15.7. The molecule has 6 amide bonds. The molecule has 4 aliphatic heterocycles. The van der Waals surface area contributed by atoms with Crippen molar-refractivity contribution in [3.05, 3.63) is 142 Å². The van der Waals surface area contributed by atoms with Crippen LogP contribution in [0.2, 0.25) is 0 Å². The van der Waals surface area contributed by atoms with Crippen LogP contribution in [-0.4, -0.2) is 208 Å². The molecular weight excluding hydrogens is 1490 g/mol. The lowest BCUT2D eigenvalue weighted by molar-refractivity contribution is -0.280. The van der Waals surface area contributed by atoms with Gasteiger partial charge in [-0.05, 0) is 71.6 Å². The summed E-state index contributed by atoms with van der Waals surface area (Å²) in [7, 11) is 4.84. The average molecular weight is 1560 g/mol. The second kappa shape index (κ2) is 31.3. The van der Waals surface area contributed by atoms with E-state index in [1.165, 1.54) is 60.0 Å². The summed E-state index contributed by atoms with van der Waals surface area (Å²) in [5.74, 6) is -8.03. The Balaban J connectivity index is 0.939. The molecule has 1 aromatic carbocycles. The molecule has 4 aliphatic rings. The summed E-state index contributed by atoms with van der Waals surface area (Å²) < 4.78 is 38.3. The number of aromatic nitrogens is 8. The van der Waals surface area contributed by atoms with Crippen LogP contribution in [0.4, 0.5) is 0 Å². The number of nitrogens with two attached hydrogens (primary N) is 1. The number of nitrogens with zero attached hydrogens (tertiary/aromatic N) is 9. The Kier molecular flexibility index (Phi) is 22.0. The summed E-state index contributed by atoms with van der Waals surface area (Å²) in [5.41, 5.74) is 3.70. The Labute approximate surface area is 627 Å². The minimum absolute atomic E-state index is 0.000744. The smallest absolute Gasteiger partial charge is 0.358 e. The summed E-state index contributed by atoms with van der Waals surface area (Å²) in [6.07, 6.45) is -5.41. The third-order valence-electron chi connectivity index (χ3n) is 18.0. The number of carbonyl (C=O) groups is 8. The topological polar surface area (TPSA) is 469 Å². The van der Waals surface area contributed by atoms with Crippen LogP contribution in [0.1, 0.15) is 130 Å². The number of thiazole rings is 5. The van der Waals surface area contributed by atoms with Crippen molar-refractivity contribution < 1.29 is 87.3 Å². The molecule has 11 atom stereocenters. The molecule has 7 unspecified atom stereocenters. The van der Waals surface area contributed by atoms with Crippen LogP contribution >= 0.6 is 56.7 Å². The molecule has 34 nitrogen and oxygen atoms in total. The Morgan fingerprint density at radius 1 is 0.841 bits per heavy atom. The Morgan fingerprint density at radius 3 is 2.27 bits per heavy atom. The van der Waals surface area contributed by atoms with E-state index in [2.05, 4.69) is 51.8 Å². The van der Waals surface area contributed by atoms with Crippen LogP contribution in [0.25, 0.3) is 49.3 Å². The molecule has 0 radical (unpaired) electrons. The van der Waals surface area contributed by atoms with Crippen molar-refractivity contribution in [2.45, 2.75) is 120 Å². The van der Waals surface area contributed by atoms with Crippen molar-refractivity contribution >= 4 is 121 Å². The fraction of sp³-hybridized carbons (Fsp3) is 0.368. The number of hydrogen-bond donors (Lipinski definition) is 11. The van der Waals surface area contributed by atoms with E-state index < -0.39 is 145 Å². The molecule has 1 saturated heterocycles. The Hall–Kier alpha value is -10.2. The van der Waals surface area contributed by atoms with Crippen molar-refractivity contribution in [1.29, 1.82) is 0 Å². The van der Waals surface area contributed by atoms with E-state index in [0.29, 0.717) is 23.3 Å². The van der Waals surface area contributed by atoms with Gasteiger partial charge in [0.05, 0.1) is 43.1 Å². The lowest BCUT2D eigenvalue weighted by atomic mass is 9.85. The second-order valence-corrected chi connectivity index (χ2v) is 30.1. The van der Waals surface area contributed by atoms with E-state index in [-0.39, 0.29) is 111 Å². The van der Waals surface area contributed by atoms with Gasteiger partial charge in [0.1, 0.15) is 126 Å². The van der Waals surface area contributed by atoms with Gasteiger partial charge in [-0.2, -0.15) is 4.73 Å². The average Bonchev–Trinajstić information content (AvgIpc) is 1.64. The number of fused-ring (bicyclic) bond motifs is 15. The van der Waals surface area contributed by atoms with Gasteiger partial charge >= 0.3 is 11.9 Å². The maximum atomic E-state index is 15.2. The summed E-state index contributed by atoms with van der Waals surface area (Å²) in [6.45, 7) is 4.60. The molecule has 12 N–H and O–H groups in total. The molecule has 8 aromatic heterocycles. The molecule has 12 heterocycles. The predicted octanol–water partition coefficient (Wildman–Crippen LogP) is 3.97. The predicted molar refractivity (Wildman–Crippen MR) is 386 cm³/mol. The van der Waals surface area contributed by atoms with Gasteiger partial charge in [0, 0.05) is 81.2 Å². The molecular formula is C68H70N16O18S5. The van der Waals surface area contributed by atoms with Crippen LogP contribution in [0.5, 0.6) is 5.75 Å². The van der Waals surface area contributed by atoms with Crippen LogP contribution in [0.3, 0.4) is 0 Å². The zero-order valence-electron chi connectivity index (χ0n) is 57.9. The minimum Gasteiger partial charge on any atom is -0.506 e. The maximum Gasteiger partial charge on any atom is 0.358 e. The summed E-state index contributed by atoms with van der Waals surface area (Å²) >= 11 is 4.50. The quantitative estimate of drug-likeness (QED) is 0.0317. The van der Waals surface area contributed by atoms with Crippen molar-refractivity contribution in [2.24, 2.45) is 5.73 Å². The van der Waals surface area contributed by atoms with Gasteiger partial charge in [0.2, 0.25) is 11.8 Å². The van der Waals surface area contributed by atoms with E-state index in [4.69, 9.17) is 49.1 Å². The van der Waals surface area contributed by atoms with Gasteiger partial charge in [-0.25, -0.2) is 39.5 Å². The Morgan fingerprint density at radius 2 is 1.54 bits per heavy atom. The number of ether oxygens (including phenoxy) is 6. The first-order chi connectivity index (χ1) is 51.2. The number of allylic oxidation sites excluding steroid dienone is 1. The second-order valence-electron chi connectivity index (χ2n) is 25.7. The zero-order chi connectivity index (χ0) is 75.9. The normalized spacial score (nSPS) is 23.3. The van der Waals surface area contributed by atoms with E-state index in [1.807, 2.05) is 12.1 Å². The number of primary amides is 1. The van der Waals surface area contributed by atoms with Crippen molar-refractivity contribution in [2.75, 3.05) is 40.9 Å². The number of hydrogen-bond acceptors (Lipinski definition) is 32. The fourth-order valence-corrected chi connectivity index (χ4v) is 17.1. The molecule has 0 saturated carbocycles. The number of likely N-dealkylation sites (N-methyl/N-ethyl adjacent to an activating group) is 1. The van der Waals surface area contributed by atoms with E-state index in [0.717, 1.165) is 62.4 Å². The van der Waals surface area contributed by atoms with Crippen molar-refractivity contribution in [3.8, 4) is 38.4 Å². The number of aromatic hydroxyl groups is 1. The van der Waals surface area contributed by atoms with Crippen LogP contribution in [-0.2, 0) is 62.4 Å². The lowest BCUT2D eigenvalue weighted by Gasteiger charge is -2.48. The number of rotatable bonds is 14. The largest absolute Gasteiger partial charge is 0.506 e. The van der Waals surface area contributed by atoms with Crippen LogP contribution in [0, 0.1) is 0 Å². The van der Waals surface area contributed by atoms with Gasteiger partial charge in [-0.3, -0.25) is 33.8 Å². The SMILES string of the molecule is CO/C(C)=C1/NC(=O)C(C(C)O)NC(=O)c2csc(n2)-c2cc(O)c(-c3nc(C(=O)NC(CNCCc4ccccn4)C(N)=O)cs3)nc2-c2csc(n2)C2COC(=O)c3c4c5c(cccc5n3O)COC(=O)C(O[C@H]3C[C@](C)(O)[C@H](N(C)C)[C@H](C)O3)C(OC4)C(NC(=O)c3csc1n3)c1nc(cs1)C(=O)N2. The van der Waals surface area contributed by atoms with Crippen molar-refractivity contribution in [1.82, 2.24) is 76.4 Å². The molecule has 0 spiro atoms. The minimum atomic E-state index is -1.92. The van der Waals surface area contributed by atoms with Gasteiger partial charge in [0.25, 0.3) is 23.6 Å². The number of cyclic esters (lactones) is 2. The molecule has 9 aromatic rings. The van der Waals surface area contributed by atoms with Crippen LogP contribution in [0.15, 0.2) is 81.3 Å². The van der Waals surface area contributed by atoms with Gasteiger partial charge < -0.3 is 91.5 Å². The van der Waals surface area contributed by atoms with Crippen molar-refractivity contribution in [3.63, 3.8) is 0 Å². The molecule has 13 rings (SSSR count). The highest BCUT2D eigenvalue weighted by Gasteiger charge is 2.50. The molecule has 0 aliphatic carbocycles. The highest BCUT2D eigenvalue weighted by Crippen LogP contribution is 2.43. The number of esters is 2. The zero-order valence-corrected chi connectivity index (χ0v) is 62.0. The number of nitrogens with one attached hydrogen (secondary N) is 6.